The maximum atomic E-state index is 12.7. The zero-order valence-corrected chi connectivity index (χ0v) is 37.9. The molecular formula is C54H82O6. The lowest BCUT2D eigenvalue weighted by molar-refractivity contribution is -0.167. The molecule has 0 aromatic rings. The second-order valence-electron chi connectivity index (χ2n) is 14.5. The normalized spacial score (nSPS) is 13.3. The minimum Gasteiger partial charge on any atom is -0.462 e. The van der Waals surface area contributed by atoms with E-state index in [9.17, 15) is 14.4 Å². The van der Waals surface area contributed by atoms with Crippen molar-refractivity contribution in [3.63, 3.8) is 0 Å². The Kier molecular flexibility index (Phi) is 43.7. The van der Waals surface area contributed by atoms with Crippen LogP contribution in [0.5, 0.6) is 0 Å². The van der Waals surface area contributed by atoms with Crippen LogP contribution in [0, 0.1) is 0 Å². The molecule has 0 aliphatic heterocycles. The summed E-state index contributed by atoms with van der Waals surface area (Å²) >= 11 is 0. The minimum atomic E-state index is -0.835. The largest absolute Gasteiger partial charge is 0.462 e. The summed E-state index contributed by atoms with van der Waals surface area (Å²) in [4.78, 5) is 37.7. The van der Waals surface area contributed by atoms with Gasteiger partial charge in [0.15, 0.2) is 6.10 Å². The third-order valence-electron chi connectivity index (χ3n) is 8.88. The third-order valence-corrected chi connectivity index (χ3v) is 8.88. The average molecular weight is 827 g/mol. The maximum absolute atomic E-state index is 12.7. The van der Waals surface area contributed by atoms with E-state index in [0.717, 1.165) is 116 Å². The molecule has 6 heteroatoms. The van der Waals surface area contributed by atoms with Crippen molar-refractivity contribution in [2.75, 3.05) is 13.2 Å². The SMILES string of the molecule is CC/C=C\C/C=C\C/C=C\C/C=C\C/C=C\CCCCCC(=O)OCC(COC(=O)CCC/C=C\C/C=C\C/C=C\CC)OC(=O)CCCC/C=C\C/C=C\C/C=C\CC. The van der Waals surface area contributed by atoms with Gasteiger partial charge in [-0.2, -0.15) is 0 Å². The Hall–Kier alpha value is -4.45. The van der Waals surface area contributed by atoms with Gasteiger partial charge in [-0.1, -0.05) is 161 Å². The van der Waals surface area contributed by atoms with E-state index >= 15 is 0 Å². The quantitative estimate of drug-likeness (QED) is 0.0266. The molecule has 0 aromatic carbocycles. The fourth-order valence-electron chi connectivity index (χ4n) is 5.50. The molecule has 0 heterocycles. The third kappa shape index (κ3) is 44.6. The average Bonchev–Trinajstić information content (AvgIpc) is 3.24. The molecule has 0 amide bonds. The van der Waals surface area contributed by atoms with Crippen LogP contribution in [-0.4, -0.2) is 37.2 Å². The Morgan fingerprint density at radius 3 is 1.00 bits per heavy atom. The Morgan fingerprint density at radius 1 is 0.333 bits per heavy atom. The Bertz CT molecular complexity index is 1370. The highest BCUT2D eigenvalue weighted by atomic mass is 16.6. The van der Waals surface area contributed by atoms with Crippen LogP contribution in [0.1, 0.15) is 168 Å². The lowest BCUT2D eigenvalue weighted by Crippen LogP contribution is -2.30. The fourth-order valence-corrected chi connectivity index (χ4v) is 5.50. The van der Waals surface area contributed by atoms with E-state index in [0.29, 0.717) is 19.3 Å². The van der Waals surface area contributed by atoms with Crippen molar-refractivity contribution in [2.24, 2.45) is 0 Å². The number of allylic oxidation sites excluding steroid dienone is 22. The standard InChI is InChI=1S/C54H82O6/c1-4-7-10-13-16-19-22-24-25-26-27-28-29-30-33-35-38-41-44-47-53(56)59-50-51(49-58-52(55)46-43-40-37-34-31-21-18-15-12-9-6-3)60-54(57)48-45-42-39-36-32-23-20-17-14-11-8-5-2/h7-12,16-21,24-25,27-28,30,32-34,36-37,51H,4-6,13-15,22-23,26,29,31,35,38-50H2,1-3H3/b10-7-,11-8-,12-9-,19-16-,20-17-,21-18-,25-24-,28-27-,33-30-,36-32-,37-34-. The van der Waals surface area contributed by atoms with Crippen LogP contribution in [0.15, 0.2) is 134 Å². The summed E-state index contributed by atoms with van der Waals surface area (Å²) in [5, 5.41) is 0. The van der Waals surface area contributed by atoms with Gasteiger partial charge in [-0.25, -0.2) is 0 Å². The molecule has 0 bridgehead atoms. The van der Waals surface area contributed by atoms with Crippen LogP contribution >= 0.6 is 0 Å². The van der Waals surface area contributed by atoms with E-state index in [-0.39, 0.29) is 44.0 Å². The Morgan fingerprint density at radius 2 is 0.617 bits per heavy atom. The van der Waals surface area contributed by atoms with E-state index in [4.69, 9.17) is 14.2 Å². The van der Waals surface area contributed by atoms with Gasteiger partial charge in [0.1, 0.15) is 13.2 Å². The first-order valence-corrected chi connectivity index (χ1v) is 23.2. The van der Waals surface area contributed by atoms with Crippen molar-refractivity contribution in [1.29, 1.82) is 0 Å². The van der Waals surface area contributed by atoms with Crippen molar-refractivity contribution >= 4 is 17.9 Å². The van der Waals surface area contributed by atoms with Crippen molar-refractivity contribution in [2.45, 2.75) is 175 Å². The molecule has 0 N–H and O–H groups in total. The number of hydrogen-bond acceptors (Lipinski definition) is 6. The van der Waals surface area contributed by atoms with E-state index in [1.165, 1.54) is 0 Å². The zero-order valence-electron chi connectivity index (χ0n) is 37.9. The number of unbranched alkanes of at least 4 members (excludes halogenated alkanes) is 6. The molecule has 60 heavy (non-hydrogen) atoms. The number of ether oxygens (including phenoxy) is 3. The molecule has 1 atom stereocenters. The first-order chi connectivity index (χ1) is 29.5. The smallest absolute Gasteiger partial charge is 0.306 e. The number of carbonyl (C=O) groups excluding carboxylic acids is 3. The van der Waals surface area contributed by atoms with E-state index in [2.05, 4.69) is 154 Å². The van der Waals surface area contributed by atoms with E-state index in [1.54, 1.807) is 0 Å². The first-order valence-electron chi connectivity index (χ1n) is 23.2. The summed E-state index contributed by atoms with van der Waals surface area (Å²) in [6.45, 7) is 6.13. The molecule has 334 valence electrons. The highest BCUT2D eigenvalue weighted by Crippen LogP contribution is 2.10. The van der Waals surface area contributed by atoms with Gasteiger partial charge in [0.25, 0.3) is 0 Å². The fraction of sp³-hybridized carbons (Fsp3) is 0.537. The molecule has 0 rings (SSSR count). The zero-order chi connectivity index (χ0) is 43.7. The van der Waals surface area contributed by atoms with E-state index < -0.39 is 6.10 Å². The molecule has 1 unspecified atom stereocenters. The molecule has 0 aliphatic rings. The second kappa shape index (κ2) is 47.2. The van der Waals surface area contributed by atoms with Crippen molar-refractivity contribution in [3.05, 3.63) is 134 Å². The molecule has 0 saturated carbocycles. The summed E-state index contributed by atoms with van der Waals surface area (Å²) in [5.74, 6) is -1.07. The Labute approximate surface area is 366 Å². The van der Waals surface area contributed by atoms with Crippen LogP contribution in [-0.2, 0) is 28.6 Å². The highest BCUT2D eigenvalue weighted by molar-refractivity contribution is 5.71. The van der Waals surface area contributed by atoms with Crippen LogP contribution in [0.3, 0.4) is 0 Å². The summed E-state index contributed by atoms with van der Waals surface area (Å²) in [7, 11) is 0. The van der Waals surface area contributed by atoms with Gasteiger partial charge in [-0.05, 0) is 122 Å². The number of carbonyl (C=O) groups is 3. The second-order valence-corrected chi connectivity index (χ2v) is 14.5. The van der Waals surface area contributed by atoms with Crippen LogP contribution < -0.4 is 0 Å². The summed E-state index contributed by atoms with van der Waals surface area (Å²) in [6, 6.07) is 0. The van der Waals surface area contributed by atoms with Crippen LogP contribution in [0.4, 0.5) is 0 Å². The van der Waals surface area contributed by atoms with Gasteiger partial charge in [-0.3, -0.25) is 14.4 Å². The molecule has 0 saturated heterocycles. The molecule has 0 radical (unpaired) electrons. The van der Waals surface area contributed by atoms with Crippen LogP contribution in [0.25, 0.3) is 0 Å². The van der Waals surface area contributed by atoms with Gasteiger partial charge in [-0.15, -0.1) is 0 Å². The van der Waals surface area contributed by atoms with E-state index in [1.807, 2.05) is 0 Å². The van der Waals surface area contributed by atoms with Gasteiger partial charge < -0.3 is 14.2 Å². The first kappa shape index (κ1) is 55.5. The lowest BCUT2D eigenvalue weighted by atomic mass is 10.1. The number of esters is 3. The molecule has 0 fully saturated rings. The summed E-state index contributed by atoms with van der Waals surface area (Å²) in [6.07, 6.45) is 65.9. The maximum Gasteiger partial charge on any atom is 0.306 e. The molecule has 0 aromatic heterocycles. The van der Waals surface area contributed by atoms with Crippen molar-refractivity contribution in [1.82, 2.24) is 0 Å². The monoisotopic (exact) mass is 827 g/mol. The van der Waals surface area contributed by atoms with Crippen LogP contribution in [0.2, 0.25) is 0 Å². The van der Waals surface area contributed by atoms with Crippen molar-refractivity contribution in [3.8, 4) is 0 Å². The predicted molar refractivity (Wildman–Crippen MR) is 256 cm³/mol. The lowest BCUT2D eigenvalue weighted by Gasteiger charge is -2.18. The molecule has 0 spiro atoms. The number of hydrogen-bond donors (Lipinski definition) is 0. The van der Waals surface area contributed by atoms with Gasteiger partial charge >= 0.3 is 17.9 Å². The number of rotatable bonds is 39. The molecule has 6 nitrogen and oxygen atoms in total. The van der Waals surface area contributed by atoms with Gasteiger partial charge in [0.2, 0.25) is 0 Å². The van der Waals surface area contributed by atoms with Gasteiger partial charge in [0, 0.05) is 19.3 Å². The molecular weight excluding hydrogens is 745 g/mol. The summed E-state index contributed by atoms with van der Waals surface area (Å²) in [5.41, 5.74) is 0. The topological polar surface area (TPSA) is 78.9 Å². The molecule has 0 aliphatic carbocycles. The Balaban J connectivity index is 4.54. The summed E-state index contributed by atoms with van der Waals surface area (Å²) < 4.78 is 16.6. The predicted octanol–water partition coefficient (Wildman–Crippen LogP) is 15.1. The highest BCUT2D eigenvalue weighted by Gasteiger charge is 2.19. The minimum absolute atomic E-state index is 0.132. The van der Waals surface area contributed by atoms with Gasteiger partial charge in [0.05, 0.1) is 0 Å². The van der Waals surface area contributed by atoms with Crippen molar-refractivity contribution < 1.29 is 28.6 Å².